The van der Waals surface area contributed by atoms with Gasteiger partial charge in [-0.25, -0.2) is 4.98 Å². The molecule has 0 amide bonds. The molecule has 0 radical (unpaired) electrons. The van der Waals surface area contributed by atoms with E-state index in [1.165, 1.54) is 0 Å². The zero-order valence-electron chi connectivity index (χ0n) is 13.5. The second-order valence-electron chi connectivity index (χ2n) is 5.94. The van der Waals surface area contributed by atoms with Crippen LogP contribution in [0.4, 0.5) is 0 Å². The third kappa shape index (κ3) is 3.30. The van der Waals surface area contributed by atoms with E-state index in [0.717, 1.165) is 26.2 Å². The number of fused-ring (bicyclic) bond motifs is 1. The quantitative estimate of drug-likeness (QED) is 0.645. The summed E-state index contributed by atoms with van der Waals surface area (Å²) in [7, 11) is 2.05. The molecule has 0 atom stereocenters. The highest BCUT2D eigenvalue weighted by Crippen LogP contribution is 2.16. The molecule has 1 aliphatic rings. The van der Waals surface area contributed by atoms with Crippen LogP contribution in [0.2, 0.25) is 0 Å². The number of likely N-dealkylation sites (N-methyl/N-ethyl adjacent to an activating group) is 1. The third-order valence-corrected chi connectivity index (χ3v) is 4.22. The number of aliphatic hydroxyl groups is 1. The number of hydrogen-bond donors (Lipinski definition) is 2. The minimum absolute atomic E-state index is 0.0109. The maximum Gasteiger partial charge on any atom is 0.259 e. The Bertz CT molecular complexity index is 872. The fraction of sp³-hybridized carbons (Fsp3) is 0.353. The molecule has 1 saturated heterocycles. The zero-order chi connectivity index (χ0) is 17.1. The number of aromatic nitrogens is 2. The predicted molar refractivity (Wildman–Crippen MR) is 91.5 cm³/mol. The Kier molecular flexibility index (Phi) is 4.60. The van der Waals surface area contributed by atoms with Crippen molar-refractivity contribution < 1.29 is 5.11 Å². The highest BCUT2D eigenvalue weighted by molar-refractivity contribution is 5.81. The molecule has 0 unspecified atom stereocenters. The summed E-state index contributed by atoms with van der Waals surface area (Å²) in [5.41, 5.74) is 0.184. The van der Waals surface area contributed by atoms with Crippen molar-refractivity contribution in [1.29, 1.82) is 5.26 Å². The minimum Gasteiger partial charge on any atom is -0.509 e. The van der Waals surface area contributed by atoms with E-state index < -0.39 is 0 Å². The van der Waals surface area contributed by atoms with Crippen molar-refractivity contribution in [2.75, 3.05) is 39.8 Å². The molecule has 1 aliphatic heterocycles. The first-order valence-electron chi connectivity index (χ1n) is 7.81. The van der Waals surface area contributed by atoms with Crippen LogP contribution in [-0.4, -0.2) is 64.6 Å². The predicted octanol–water partition coefficient (Wildman–Crippen LogP) is 0.963. The van der Waals surface area contributed by atoms with Crippen LogP contribution in [0.25, 0.3) is 16.5 Å². The highest BCUT2D eigenvalue weighted by Gasteiger charge is 2.18. The monoisotopic (exact) mass is 325 g/mol. The van der Waals surface area contributed by atoms with Gasteiger partial charge in [0.05, 0.1) is 17.4 Å². The van der Waals surface area contributed by atoms with Crippen molar-refractivity contribution in [2.24, 2.45) is 0 Å². The molecule has 2 aromatic rings. The number of nitrogens with zero attached hydrogens (tertiary/aromatic N) is 4. The van der Waals surface area contributed by atoms with Gasteiger partial charge < -0.3 is 15.0 Å². The molecule has 0 aliphatic carbocycles. The van der Waals surface area contributed by atoms with Gasteiger partial charge in [0.1, 0.15) is 17.4 Å². The summed E-state index contributed by atoms with van der Waals surface area (Å²) in [6.45, 7) is 3.75. The van der Waals surface area contributed by atoms with Crippen LogP contribution >= 0.6 is 0 Å². The summed E-state index contributed by atoms with van der Waals surface area (Å²) in [5.74, 6) is 0.0355. The summed E-state index contributed by atoms with van der Waals surface area (Å²) in [6.07, 6.45) is 0. The first-order chi connectivity index (χ1) is 11.6. The molecule has 1 fully saturated rings. The summed E-state index contributed by atoms with van der Waals surface area (Å²) in [5, 5.41) is 20.3. The van der Waals surface area contributed by atoms with Crippen LogP contribution in [0, 0.1) is 11.3 Å². The number of para-hydroxylation sites is 1. The molecule has 0 saturated carbocycles. The van der Waals surface area contributed by atoms with E-state index in [2.05, 4.69) is 26.8 Å². The first-order valence-corrected chi connectivity index (χ1v) is 7.81. The van der Waals surface area contributed by atoms with Crippen LogP contribution < -0.4 is 5.56 Å². The lowest BCUT2D eigenvalue weighted by Gasteiger charge is -2.32. The Labute approximate surface area is 139 Å². The average molecular weight is 325 g/mol. The van der Waals surface area contributed by atoms with E-state index in [1.54, 1.807) is 24.3 Å². The number of H-pyrrole nitrogens is 1. The van der Waals surface area contributed by atoms with Gasteiger partial charge in [-0.3, -0.25) is 9.69 Å². The molecule has 1 aromatic heterocycles. The highest BCUT2D eigenvalue weighted by atomic mass is 16.3. The molecule has 0 spiro atoms. The lowest BCUT2D eigenvalue weighted by atomic mass is 10.2. The topological polar surface area (TPSA) is 96.2 Å². The molecule has 1 aromatic carbocycles. The Morgan fingerprint density at radius 1 is 1.33 bits per heavy atom. The Morgan fingerprint density at radius 3 is 2.75 bits per heavy atom. The van der Waals surface area contributed by atoms with Crippen LogP contribution in [0.15, 0.2) is 34.8 Å². The van der Waals surface area contributed by atoms with Crippen LogP contribution in [0.3, 0.4) is 0 Å². The molecule has 7 heteroatoms. The largest absolute Gasteiger partial charge is 0.509 e. The van der Waals surface area contributed by atoms with Gasteiger partial charge in [-0.05, 0) is 19.2 Å². The summed E-state index contributed by atoms with van der Waals surface area (Å²) >= 11 is 0. The van der Waals surface area contributed by atoms with E-state index in [0.29, 0.717) is 10.9 Å². The molecule has 2 N–H and O–H groups in total. The molecule has 124 valence electrons. The van der Waals surface area contributed by atoms with Gasteiger partial charge >= 0.3 is 0 Å². The number of benzene rings is 1. The van der Waals surface area contributed by atoms with Crippen LogP contribution in [0.5, 0.6) is 0 Å². The van der Waals surface area contributed by atoms with Crippen molar-refractivity contribution in [3.05, 3.63) is 46.2 Å². The number of aliphatic hydroxyl groups excluding tert-OH is 1. The summed E-state index contributed by atoms with van der Waals surface area (Å²) in [4.78, 5) is 23.3. The number of nitrogens with one attached hydrogen (secondary N) is 1. The third-order valence-electron chi connectivity index (χ3n) is 4.22. The van der Waals surface area contributed by atoms with Crippen molar-refractivity contribution in [3.8, 4) is 6.07 Å². The SMILES string of the molecule is CN1CCN(CC(O)=C(C#N)c2nc3ccccc3c(=O)[nH]2)CC1. The maximum atomic E-state index is 12.1. The Hall–Kier alpha value is -2.69. The Morgan fingerprint density at radius 2 is 2.04 bits per heavy atom. The first kappa shape index (κ1) is 16.2. The second-order valence-corrected chi connectivity index (χ2v) is 5.94. The normalized spacial score (nSPS) is 17.5. The molecular formula is C17H19N5O2. The molecule has 3 rings (SSSR count). The summed E-state index contributed by atoms with van der Waals surface area (Å²) < 4.78 is 0. The molecular weight excluding hydrogens is 306 g/mol. The average Bonchev–Trinajstić information content (AvgIpc) is 2.58. The number of allylic oxidation sites excluding steroid dienone is 1. The van der Waals surface area contributed by atoms with Gasteiger partial charge in [-0.15, -0.1) is 0 Å². The molecule has 24 heavy (non-hydrogen) atoms. The Balaban J connectivity index is 1.93. The number of hydrogen-bond acceptors (Lipinski definition) is 6. The number of piperazine rings is 1. The standard InChI is InChI=1S/C17H19N5O2/c1-21-6-8-22(9-7-21)11-15(23)13(10-18)16-19-14-5-3-2-4-12(14)17(24)20-16/h2-5,23H,6-9,11H2,1H3,(H,19,20,24). The van der Waals surface area contributed by atoms with Crippen molar-refractivity contribution >= 4 is 16.5 Å². The van der Waals surface area contributed by atoms with Gasteiger partial charge in [0.25, 0.3) is 5.56 Å². The van der Waals surface area contributed by atoms with Crippen molar-refractivity contribution in [2.45, 2.75) is 0 Å². The maximum absolute atomic E-state index is 12.1. The fourth-order valence-corrected chi connectivity index (χ4v) is 2.76. The zero-order valence-corrected chi connectivity index (χ0v) is 13.5. The fourth-order valence-electron chi connectivity index (χ4n) is 2.76. The number of aromatic amines is 1. The van der Waals surface area contributed by atoms with E-state index in [1.807, 2.05) is 6.07 Å². The number of rotatable bonds is 3. The van der Waals surface area contributed by atoms with Gasteiger partial charge in [-0.1, -0.05) is 12.1 Å². The summed E-state index contributed by atoms with van der Waals surface area (Å²) in [6, 6.07) is 8.88. The lowest BCUT2D eigenvalue weighted by Crippen LogP contribution is -2.45. The smallest absolute Gasteiger partial charge is 0.259 e. The minimum atomic E-state index is -0.323. The second kappa shape index (κ2) is 6.83. The van der Waals surface area contributed by atoms with Gasteiger partial charge in [-0.2, -0.15) is 5.26 Å². The van der Waals surface area contributed by atoms with E-state index in [9.17, 15) is 15.2 Å². The van der Waals surface area contributed by atoms with Gasteiger partial charge in [0, 0.05) is 26.2 Å². The lowest BCUT2D eigenvalue weighted by molar-refractivity contribution is 0.150. The van der Waals surface area contributed by atoms with Crippen molar-refractivity contribution in [3.63, 3.8) is 0 Å². The molecule has 7 nitrogen and oxygen atoms in total. The van der Waals surface area contributed by atoms with Gasteiger partial charge in [0.2, 0.25) is 0 Å². The number of nitriles is 1. The van der Waals surface area contributed by atoms with E-state index >= 15 is 0 Å². The molecule has 0 bridgehead atoms. The molecule has 2 heterocycles. The van der Waals surface area contributed by atoms with Crippen molar-refractivity contribution in [1.82, 2.24) is 19.8 Å². The van der Waals surface area contributed by atoms with E-state index in [4.69, 9.17) is 0 Å². The van der Waals surface area contributed by atoms with Gasteiger partial charge in [0.15, 0.2) is 5.82 Å². The van der Waals surface area contributed by atoms with E-state index in [-0.39, 0.29) is 29.3 Å². The van der Waals surface area contributed by atoms with Crippen LogP contribution in [0.1, 0.15) is 5.82 Å². The van der Waals surface area contributed by atoms with Crippen LogP contribution in [-0.2, 0) is 0 Å².